The quantitative estimate of drug-likeness (QED) is 0.349. The van der Waals surface area contributed by atoms with E-state index in [4.69, 9.17) is 4.74 Å². The Morgan fingerprint density at radius 1 is 1.00 bits per heavy atom. The topological polar surface area (TPSA) is 94.0 Å². The van der Waals surface area contributed by atoms with E-state index in [0.29, 0.717) is 17.6 Å². The molecular weight excluding hydrogens is 468 g/mol. The summed E-state index contributed by atoms with van der Waals surface area (Å²) < 4.78 is 60.6. The van der Waals surface area contributed by atoms with Crippen molar-refractivity contribution in [2.45, 2.75) is 13.1 Å². The maximum atomic E-state index is 14.6. The average Bonchev–Trinajstić information content (AvgIpc) is 3.23. The van der Waals surface area contributed by atoms with Crippen molar-refractivity contribution in [1.29, 1.82) is 0 Å². The number of benzene rings is 1. The lowest BCUT2D eigenvalue weighted by molar-refractivity contribution is -0.137. The van der Waals surface area contributed by atoms with Gasteiger partial charge in [0.15, 0.2) is 0 Å². The smallest absolute Gasteiger partial charge is 0.417 e. The van der Waals surface area contributed by atoms with Gasteiger partial charge in [0.2, 0.25) is 0 Å². The van der Waals surface area contributed by atoms with E-state index in [1.165, 1.54) is 19.1 Å². The van der Waals surface area contributed by atoms with E-state index in [1.807, 2.05) is 0 Å². The number of ether oxygens (including phenoxy) is 1. The number of pyridine rings is 2. The molecule has 35 heavy (non-hydrogen) atoms. The number of carbonyl (C=O) groups is 1. The van der Waals surface area contributed by atoms with E-state index < -0.39 is 23.6 Å². The van der Waals surface area contributed by atoms with Gasteiger partial charge in [0.25, 0.3) is 0 Å². The average molecular weight is 486 g/mol. The highest BCUT2D eigenvalue weighted by Crippen LogP contribution is 2.31. The summed E-state index contributed by atoms with van der Waals surface area (Å²) in [7, 11) is 1.78. The fourth-order valence-electron chi connectivity index (χ4n) is 3.07. The fraction of sp³-hybridized carbons (Fsp3) is 0.130. The molecule has 0 atom stereocenters. The number of urea groups is 1. The summed E-state index contributed by atoms with van der Waals surface area (Å²) >= 11 is 0. The number of aryl methyl sites for hydroxylation is 2. The van der Waals surface area contributed by atoms with Gasteiger partial charge in [-0.1, -0.05) is 0 Å². The number of aromatic nitrogens is 4. The molecule has 0 saturated heterocycles. The molecule has 4 aromatic rings. The van der Waals surface area contributed by atoms with E-state index in [0.717, 1.165) is 17.7 Å². The number of anilines is 2. The number of hydrogen-bond acceptors (Lipinski definition) is 5. The first kappa shape index (κ1) is 23.7. The van der Waals surface area contributed by atoms with Crippen LogP contribution in [0.15, 0.2) is 61.2 Å². The van der Waals surface area contributed by atoms with E-state index in [-0.39, 0.29) is 22.8 Å². The van der Waals surface area contributed by atoms with Crippen LogP contribution < -0.4 is 15.4 Å². The molecule has 0 unspecified atom stereocenters. The van der Waals surface area contributed by atoms with E-state index >= 15 is 0 Å². The maximum Gasteiger partial charge on any atom is 0.417 e. The third kappa shape index (κ3) is 5.72. The second-order valence-electron chi connectivity index (χ2n) is 7.46. The molecule has 0 aliphatic carbocycles. The molecule has 1 aromatic carbocycles. The molecule has 0 spiro atoms. The standard InChI is InChI=1S/C23H18F4N6O2/c1-13-20(7-15(11-29-13)23(25,26)27)32-22(34)31-19-4-3-16(8-18(19)24)35-17-5-6-28-21(9-17)14-10-30-33(2)12-14/h3-12H,1-2H3,(H2,31,32,34). The van der Waals surface area contributed by atoms with Crippen LogP contribution in [0.3, 0.4) is 0 Å². The zero-order valence-electron chi connectivity index (χ0n) is 18.4. The maximum absolute atomic E-state index is 14.6. The number of hydrogen-bond donors (Lipinski definition) is 2. The summed E-state index contributed by atoms with van der Waals surface area (Å²) in [5.41, 5.74) is 0.193. The lowest BCUT2D eigenvalue weighted by Gasteiger charge is -2.13. The second kappa shape index (κ2) is 9.41. The van der Waals surface area contributed by atoms with Crippen molar-refractivity contribution < 1.29 is 27.1 Å². The first-order chi connectivity index (χ1) is 16.6. The Morgan fingerprint density at radius 2 is 1.74 bits per heavy atom. The van der Waals surface area contributed by atoms with Gasteiger partial charge < -0.3 is 15.4 Å². The number of nitrogens with zero attached hydrogens (tertiary/aromatic N) is 4. The van der Waals surface area contributed by atoms with Gasteiger partial charge in [0.1, 0.15) is 17.3 Å². The number of carbonyl (C=O) groups excluding carboxylic acids is 1. The largest absolute Gasteiger partial charge is 0.457 e. The Labute approximate surface area is 196 Å². The van der Waals surface area contributed by atoms with Crippen LogP contribution >= 0.6 is 0 Å². The summed E-state index contributed by atoms with van der Waals surface area (Å²) in [6.45, 7) is 1.43. The van der Waals surface area contributed by atoms with Crippen LogP contribution in [0.25, 0.3) is 11.3 Å². The minimum absolute atomic E-state index is 0.153. The Kier molecular flexibility index (Phi) is 6.36. The molecule has 3 heterocycles. The molecule has 0 fully saturated rings. The summed E-state index contributed by atoms with van der Waals surface area (Å²) in [5, 5.41) is 8.60. The molecule has 0 radical (unpaired) electrons. The minimum Gasteiger partial charge on any atom is -0.457 e. The van der Waals surface area contributed by atoms with Gasteiger partial charge in [-0.2, -0.15) is 18.3 Å². The summed E-state index contributed by atoms with van der Waals surface area (Å²) in [6.07, 6.45) is 1.02. The van der Waals surface area contributed by atoms with Crippen molar-refractivity contribution in [3.05, 3.63) is 78.3 Å². The van der Waals surface area contributed by atoms with Crippen molar-refractivity contribution in [1.82, 2.24) is 19.7 Å². The molecule has 2 amide bonds. The Hall–Kier alpha value is -4.48. The van der Waals surface area contributed by atoms with E-state index in [1.54, 1.807) is 42.5 Å². The minimum atomic E-state index is -4.62. The highest BCUT2D eigenvalue weighted by atomic mass is 19.4. The monoisotopic (exact) mass is 486 g/mol. The van der Waals surface area contributed by atoms with Gasteiger partial charge in [0.05, 0.1) is 34.5 Å². The second-order valence-corrected chi connectivity index (χ2v) is 7.46. The molecule has 3 aromatic heterocycles. The molecule has 180 valence electrons. The molecule has 0 aliphatic heterocycles. The molecule has 0 aliphatic rings. The molecule has 2 N–H and O–H groups in total. The fourth-order valence-corrected chi connectivity index (χ4v) is 3.07. The number of halogens is 4. The molecule has 0 bridgehead atoms. The first-order valence-electron chi connectivity index (χ1n) is 10.1. The summed E-state index contributed by atoms with van der Waals surface area (Å²) in [6, 6.07) is 6.85. The molecular formula is C23H18F4N6O2. The lowest BCUT2D eigenvalue weighted by atomic mass is 10.2. The van der Waals surface area contributed by atoms with Crippen molar-refractivity contribution in [2.75, 3.05) is 10.6 Å². The zero-order chi connectivity index (χ0) is 25.2. The van der Waals surface area contributed by atoms with Crippen LogP contribution in [0.5, 0.6) is 11.5 Å². The predicted molar refractivity (Wildman–Crippen MR) is 120 cm³/mol. The molecule has 0 saturated carbocycles. The van der Waals surface area contributed by atoms with Crippen LogP contribution in [0.1, 0.15) is 11.3 Å². The highest BCUT2D eigenvalue weighted by Gasteiger charge is 2.31. The summed E-state index contributed by atoms with van der Waals surface area (Å²) in [4.78, 5) is 20.2. The third-order valence-electron chi connectivity index (χ3n) is 4.82. The third-order valence-corrected chi connectivity index (χ3v) is 4.82. The van der Waals surface area contributed by atoms with E-state index in [9.17, 15) is 22.4 Å². The van der Waals surface area contributed by atoms with Gasteiger partial charge in [-0.05, 0) is 31.2 Å². The van der Waals surface area contributed by atoms with Crippen molar-refractivity contribution >= 4 is 17.4 Å². The van der Waals surface area contributed by atoms with Crippen LogP contribution in [0, 0.1) is 12.7 Å². The number of alkyl halides is 3. The highest BCUT2D eigenvalue weighted by molar-refractivity contribution is 6.00. The zero-order valence-corrected chi connectivity index (χ0v) is 18.4. The summed E-state index contributed by atoms with van der Waals surface area (Å²) in [5.74, 6) is -0.239. The van der Waals surface area contributed by atoms with Crippen molar-refractivity contribution in [3.63, 3.8) is 0 Å². The van der Waals surface area contributed by atoms with Gasteiger partial charge in [0, 0.05) is 43.3 Å². The molecule has 4 rings (SSSR count). The van der Waals surface area contributed by atoms with Gasteiger partial charge in [-0.15, -0.1) is 0 Å². The number of amides is 2. The first-order valence-corrected chi connectivity index (χ1v) is 10.1. The predicted octanol–water partition coefficient (Wildman–Crippen LogP) is 5.78. The SMILES string of the molecule is Cc1ncc(C(F)(F)F)cc1NC(=O)Nc1ccc(Oc2ccnc(-c3cnn(C)c3)c2)cc1F. The Balaban J connectivity index is 1.44. The lowest BCUT2D eigenvalue weighted by Crippen LogP contribution is -2.21. The Morgan fingerprint density at radius 3 is 2.43 bits per heavy atom. The molecule has 8 nitrogen and oxygen atoms in total. The van der Waals surface area contributed by atoms with Crippen molar-refractivity contribution in [2.24, 2.45) is 7.05 Å². The van der Waals surface area contributed by atoms with Crippen LogP contribution in [0.4, 0.5) is 33.7 Å². The normalized spacial score (nSPS) is 11.3. The molecule has 12 heteroatoms. The van der Waals surface area contributed by atoms with Crippen LogP contribution in [-0.2, 0) is 13.2 Å². The number of rotatable bonds is 5. The van der Waals surface area contributed by atoms with Gasteiger partial charge in [-0.3, -0.25) is 14.6 Å². The number of nitrogens with one attached hydrogen (secondary N) is 2. The van der Waals surface area contributed by atoms with E-state index in [2.05, 4.69) is 25.7 Å². The Bertz CT molecular complexity index is 1390. The van der Waals surface area contributed by atoms with Crippen LogP contribution in [-0.4, -0.2) is 25.8 Å². The van der Waals surface area contributed by atoms with Crippen molar-refractivity contribution in [3.8, 4) is 22.8 Å². The van der Waals surface area contributed by atoms with Crippen LogP contribution in [0.2, 0.25) is 0 Å². The van der Waals surface area contributed by atoms with Gasteiger partial charge in [-0.25, -0.2) is 9.18 Å². The van der Waals surface area contributed by atoms with Gasteiger partial charge >= 0.3 is 12.2 Å².